The number of aryl methyl sites for hydroxylation is 3. The molecule has 0 spiro atoms. The van der Waals surface area contributed by atoms with E-state index in [1.54, 1.807) is 0 Å². The van der Waals surface area contributed by atoms with Crippen molar-refractivity contribution < 1.29 is 18.9 Å². The van der Waals surface area contributed by atoms with Gasteiger partial charge < -0.3 is 4.74 Å². The summed E-state index contributed by atoms with van der Waals surface area (Å²) in [6, 6.07) is 13.2. The Hall–Kier alpha value is -2.32. The van der Waals surface area contributed by atoms with Gasteiger partial charge in [0.1, 0.15) is 5.92 Å². The number of Topliss-reactive ketones (excluding diaryl/α,β-unsaturated/α-hetero) is 1. The minimum absolute atomic E-state index is 0.183. The molecule has 0 aliphatic carbocycles. The van der Waals surface area contributed by atoms with Crippen LogP contribution >= 0.6 is 9.12 Å². The van der Waals surface area contributed by atoms with Gasteiger partial charge in [-0.15, -0.1) is 0 Å². The van der Waals surface area contributed by atoms with Crippen molar-refractivity contribution in [3.05, 3.63) is 70.3 Å². The van der Waals surface area contributed by atoms with E-state index in [2.05, 4.69) is 13.8 Å². The van der Waals surface area contributed by atoms with Crippen LogP contribution in [0.3, 0.4) is 0 Å². The Kier molecular flexibility index (Phi) is 12.0. The molecule has 3 atom stereocenters. The molecule has 0 aromatic heterocycles. The molecule has 0 N–H and O–H groups in total. The molecule has 31 heavy (non-hydrogen) atoms. The van der Waals surface area contributed by atoms with Gasteiger partial charge in [-0.05, 0) is 49.8 Å². The van der Waals surface area contributed by atoms with Gasteiger partial charge in [-0.2, -0.15) is 0 Å². The van der Waals surface area contributed by atoms with E-state index in [1.165, 1.54) is 9.12 Å². The Morgan fingerprint density at radius 2 is 1.55 bits per heavy atom. The summed E-state index contributed by atoms with van der Waals surface area (Å²) in [5, 5.41) is 0. The lowest BCUT2D eigenvalue weighted by atomic mass is 9.86. The second-order valence-corrected chi connectivity index (χ2v) is 8.03. The Balaban J connectivity index is 0.00000233. The van der Waals surface area contributed by atoms with Crippen molar-refractivity contribution in [2.24, 2.45) is 5.92 Å². The normalized spacial score (nSPS) is 12.3. The number of ketones is 1. The predicted molar refractivity (Wildman–Crippen MR) is 129 cm³/mol. The molecule has 0 aliphatic heterocycles. The monoisotopic (exact) mass is 443 g/mol. The first-order valence-corrected chi connectivity index (χ1v) is 11.4. The fraction of sp³-hybridized carbons (Fsp3) is 0.462. The Labute approximate surface area is 189 Å². The third kappa shape index (κ3) is 7.70. The number of hydrogen-bond acceptors (Lipinski definition) is 4. The molecule has 0 fully saturated rings. The number of unbranched alkanes of at least 4 members (excludes halogenated alkanes) is 1. The van der Waals surface area contributed by atoms with Gasteiger partial charge in [0.05, 0.1) is 6.61 Å². The number of carbonyl (C=O) groups is 2. The summed E-state index contributed by atoms with van der Waals surface area (Å²) in [6.45, 7) is 10.5. The topological polar surface area (TPSA) is 60.4 Å². The molecule has 0 amide bonds. The van der Waals surface area contributed by atoms with Crippen molar-refractivity contribution in [1.82, 2.24) is 0 Å². The molecule has 4 nitrogen and oxygen atoms in total. The van der Waals surface area contributed by atoms with E-state index in [0.717, 1.165) is 42.4 Å². The highest BCUT2D eigenvalue weighted by Gasteiger charge is 2.33. The first kappa shape index (κ1) is 26.7. The Morgan fingerprint density at radius 1 is 0.968 bits per heavy atom. The Morgan fingerprint density at radius 3 is 2.06 bits per heavy atom. The van der Waals surface area contributed by atoms with E-state index < -0.39 is 11.9 Å². The molecule has 0 saturated heterocycles. The molecular formula is C26H36O4P+. The molecule has 3 unspecified atom stereocenters. The van der Waals surface area contributed by atoms with Crippen LogP contribution in [0.15, 0.2) is 42.5 Å². The quantitative estimate of drug-likeness (QED) is 0.181. The minimum atomic E-state index is -0.931. The maximum atomic E-state index is 13.5. The maximum absolute atomic E-state index is 13.5. The van der Waals surface area contributed by atoms with Gasteiger partial charge in [-0.3, -0.25) is 9.59 Å². The number of hydrogen-bond donors (Lipinski definition) is 0. The molecule has 0 bridgehead atoms. The Bertz CT molecular complexity index is 825. The second kappa shape index (κ2) is 13.9. The molecule has 0 radical (unpaired) electrons. The first-order valence-electron chi connectivity index (χ1n) is 11.0. The highest BCUT2D eigenvalue weighted by atomic mass is 31.0. The second-order valence-electron chi connectivity index (χ2n) is 8.03. The lowest BCUT2D eigenvalue weighted by Gasteiger charge is -2.20. The summed E-state index contributed by atoms with van der Waals surface area (Å²) < 4.78 is 13.9. The van der Waals surface area contributed by atoms with Crippen LogP contribution in [-0.2, 0) is 14.1 Å². The van der Waals surface area contributed by atoms with Crippen LogP contribution in [0.5, 0.6) is 0 Å². The van der Waals surface area contributed by atoms with Gasteiger partial charge in [-0.25, -0.2) is 0 Å². The van der Waals surface area contributed by atoms with Crippen LogP contribution in [0.25, 0.3) is 0 Å². The smallest absolute Gasteiger partial charge is 0.321 e. The molecule has 2 rings (SSSR count). The summed E-state index contributed by atoms with van der Waals surface area (Å²) in [5.74, 6) is -1.22. The third-order valence-electron chi connectivity index (χ3n) is 5.56. The number of rotatable bonds is 10. The maximum Gasteiger partial charge on any atom is 0.321 e. The van der Waals surface area contributed by atoms with Gasteiger partial charge in [0, 0.05) is 5.56 Å². The van der Waals surface area contributed by atoms with Crippen molar-refractivity contribution >= 4 is 20.9 Å². The molecule has 0 heterocycles. The highest BCUT2D eigenvalue weighted by molar-refractivity contribution is 7.00. The van der Waals surface area contributed by atoms with Crippen LogP contribution in [-0.4, -0.2) is 18.4 Å². The van der Waals surface area contributed by atoms with Crippen molar-refractivity contribution in [3.8, 4) is 0 Å². The van der Waals surface area contributed by atoms with E-state index in [1.807, 2.05) is 63.2 Å². The van der Waals surface area contributed by atoms with E-state index in [4.69, 9.17) is 9.30 Å². The third-order valence-corrected chi connectivity index (χ3v) is 5.56. The zero-order valence-corrected chi connectivity index (χ0v) is 20.6. The number of ether oxygens (including phenoxy) is 1. The van der Waals surface area contributed by atoms with Crippen molar-refractivity contribution in [1.29, 1.82) is 0 Å². The summed E-state index contributed by atoms with van der Waals surface area (Å²) in [7, 11) is 1.17. The fourth-order valence-corrected chi connectivity index (χ4v) is 3.93. The molecule has 0 aliphatic rings. The summed E-state index contributed by atoms with van der Waals surface area (Å²) in [4.78, 5) is 26.6. The van der Waals surface area contributed by atoms with Crippen molar-refractivity contribution in [2.45, 2.75) is 66.2 Å². The average Bonchev–Trinajstić information content (AvgIpc) is 2.75. The number of benzene rings is 2. The summed E-state index contributed by atoms with van der Waals surface area (Å²) >= 11 is 0. The van der Waals surface area contributed by atoms with Crippen LogP contribution in [0.2, 0.25) is 0 Å². The minimum Gasteiger partial charge on any atom is -0.465 e. The van der Waals surface area contributed by atoms with Crippen molar-refractivity contribution in [3.63, 3.8) is 0 Å². The lowest BCUT2D eigenvalue weighted by Crippen LogP contribution is -2.27. The number of esters is 1. The fourth-order valence-electron chi connectivity index (χ4n) is 3.93. The van der Waals surface area contributed by atoms with Gasteiger partial charge in [0.15, 0.2) is 5.78 Å². The van der Waals surface area contributed by atoms with E-state index in [9.17, 15) is 9.59 Å². The van der Waals surface area contributed by atoms with Gasteiger partial charge >= 0.3 is 15.1 Å². The molecule has 5 heteroatoms. The summed E-state index contributed by atoms with van der Waals surface area (Å²) in [5.41, 5.74) is 4.21. The molecule has 168 valence electrons. The molecule has 2 aromatic carbocycles. The number of carbonyl (C=O) groups excluding carboxylic acids is 2. The lowest BCUT2D eigenvalue weighted by molar-refractivity contribution is -0.145. The van der Waals surface area contributed by atoms with E-state index in [0.29, 0.717) is 23.7 Å². The molecular weight excluding hydrogens is 407 g/mol. The van der Waals surface area contributed by atoms with E-state index in [-0.39, 0.29) is 5.78 Å². The van der Waals surface area contributed by atoms with Crippen LogP contribution < -0.4 is 0 Å². The van der Waals surface area contributed by atoms with Gasteiger partial charge in [0.2, 0.25) is 0 Å². The summed E-state index contributed by atoms with van der Waals surface area (Å²) in [6.07, 6.45) is 4.26. The van der Waals surface area contributed by atoms with Crippen LogP contribution in [0.1, 0.15) is 78.1 Å². The predicted octanol–water partition coefficient (Wildman–Crippen LogP) is 6.54. The van der Waals surface area contributed by atoms with Crippen LogP contribution in [0.4, 0.5) is 0 Å². The van der Waals surface area contributed by atoms with E-state index >= 15 is 0 Å². The van der Waals surface area contributed by atoms with Crippen molar-refractivity contribution in [2.75, 3.05) is 6.61 Å². The zero-order chi connectivity index (χ0) is 23.4. The largest absolute Gasteiger partial charge is 0.465 e. The zero-order valence-electron chi connectivity index (χ0n) is 19.4. The van der Waals surface area contributed by atoms with Crippen LogP contribution in [0, 0.1) is 26.7 Å². The standard InChI is InChI=1S/C26H34O3.H2OP/c1-6-8-12-21(7-2)17-29-26(28)24(22-13-10-9-11-14-22)25(27)23-19(4)15-18(3)16-20(23)5;1-2/h9-11,13-16,21,24H,6-8,12,17H2,1-5H3;2H2/q;+1. The first-order chi connectivity index (χ1) is 14.9. The average molecular weight is 444 g/mol. The molecule has 2 aromatic rings. The molecule has 0 saturated carbocycles. The van der Waals surface area contributed by atoms with Gasteiger partial charge in [-0.1, -0.05) is 85.7 Å². The van der Waals surface area contributed by atoms with Gasteiger partial charge in [0.25, 0.3) is 0 Å². The highest BCUT2D eigenvalue weighted by Crippen LogP contribution is 2.27. The SMILES string of the molecule is CCCCC(CC)COC(=O)C(C(=O)c1c(C)cc(C)cc1C)c1ccccc1.O=[PH2+].